The summed E-state index contributed by atoms with van der Waals surface area (Å²) >= 11 is 3.45. The molecule has 0 fully saturated rings. The van der Waals surface area contributed by atoms with Crippen LogP contribution in [0.25, 0.3) is 0 Å². The fraction of sp³-hybridized carbons (Fsp3) is 0.278. The van der Waals surface area contributed by atoms with Gasteiger partial charge in [0.05, 0.1) is 31.8 Å². The Hall–Kier alpha value is -2.21. The summed E-state index contributed by atoms with van der Waals surface area (Å²) in [5.41, 5.74) is 1.48. The van der Waals surface area contributed by atoms with E-state index in [2.05, 4.69) is 21.2 Å². The van der Waals surface area contributed by atoms with Gasteiger partial charge in [0.1, 0.15) is 5.75 Å². The molecule has 0 radical (unpaired) electrons. The average molecular weight is 394 g/mol. The molecule has 1 atom stereocenters. The van der Waals surface area contributed by atoms with E-state index in [9.17, 15) is 4.79 Å². The van der Waals surface area contributed by atoms with Crippen LogP contribution in [0.5, 0.6) is 17.2 Å². The molecule has 0 aliphatic heterocycles. The SMILES string of the molecule is COc1ccc([C@@H](C)NC(=O)c2ccc(OC)c(OC)c2)cc1Br. The number of rotatable bonds is 6. The van der Waals surface area contributed by atoms with Crippen molar-refractivity contribution in [2.75, 3.05) is 21.3 Å². The number of hydrogen-bond acceptors (Lipinski definition) is 4. The van der Waals surface area contributed by atoms with E-state index in [4.69, 9.17) is 14.2 Å². The van der Waals surface area contributed by atoms with Crippen LogP contribution in [0, 0.1) is 0 Å². The van der Waals surface area contributed by atoms with E-state index in [0.29, 0.717) is 17.1 Å². The topological polar surface area (TPSA) is 56.8 Å². The highest BCUT2D eigenvalue weighted by molar-refractivity contribution is 9.10. The number of amides is 1. The van der Waals surface area contributed by atoms with Crippen LogP contribution in [0.1, 0.15) is 28.9 Å². The number of ether oxygens (including phenoxy) is 3. The van der Waals surface area contributed by atoms with Crippen LogP contribution in [0.2, 0.25) is 0 Å². The third kappa shape index (κ3) is 4.00. The minimum absolute atomic E-state index is 0.159. The Balaban J connectivity index is 2.15. The first-order valence-corrected chi connectivity index (χ1v) is 8.15. The van der Waals surface area contributed by atoms with E-state index in [1.165, 1.54) is 7.11 Å². The van der Waals surface area contributed by atoms with E-state index >= 15 is 0 Å². The average Bonchev–Trinajstić information content (AvgIpc) is 2.60. The first-order valence-electron chi connectivity index (χ1n) is 7.36. The first-order chi connectivity index (χ1) is 11.5. The van der Waals surface area contributed by atoms with Gasteiger partial charge in [0.25, 0.3) is 5.91 Å². The molecule has 2 aromatic rings. The molecule has 2 rings (SSSR count). The second kappa shape index (κ2) is 8.06. The molecule has 0 unspecified atom stereocenters. The number of carbonyl (C=O) groups is 1. The van der Waals surface area contributed by atoms with E-state index in [-0.39, 0.29) is 11.9 Å². The van der Waals surface area contributed by atoms with Crippen molar-refractivity contribution in [3.63, 3.8) is 0 Å². The predicted octanol–water partition coefficient (Wildman–Crippen LogP) is 3.97. The standard InChI is InChI=1S/C18H20BrNO4/c1-11(12-5-7-15(22-2)14(19)9-12)20-18(21)13-6-8-16(23-3)17(10-13)24-4/h5-11H,1-4H3,(H,20,21)/t11-/m1/s1. The van der Waals surface area contributed by atoms with Gasteiger partial charge in [-0.1, -0.05) is 6.07 Å². The molecule has 0 heterocycles. The predicted molar refractivity (Wildman–Crippen MR) is 96.1 cm³/mol. The van der Waals surface area contributed by atoms with Gasteiger partial charge < -0.3 is 19.5 Å². The van der Waals surface area contributed by atoms with Crippen LogP contribution in [-0.4, -0.2) is 27.2 Å². The Bertz CT molecular complexity index is 733. The van der Waals surface area contributed by atoms with Crippen LogP contribution in [0.15, 0.2) is 40.9 Å². The number of nitrogens with one attached hydrogen (secondary N) is 1. The fourth-order valence-corrected chi connectivity index (χ4v) is 2.85. The molecular formula is C18H20BrNO4. The summed E-state index contributed by atoms with van der Waals surface area (Å²) in [5, 5.41) is 2.97. The molecule has 24 heavy (non-hydrogen) atoms. The molecule has 2 aromatic carbocycles. The highest BCUT2D eigenvalue weighted by Crippen LogP contribution is 2.29. The summed E-state index contributed by atoms with van der Waals surface area (Å²) in [6.45, 7) is 1.92. The zero-order valence-corrected chi connectivity index (χ0v) is 15.6. The number of carbonyl (C=O) groups excluding carboxylic acids is 1. The van der Waals surface area contributed by atoms with Gasteiger partial charge in [-0.2, -0.15) is 0 Å². The minimum Gasteiger partial charge on any atom is -0.496 e. The lowest BCUT2D eigenvalue weighted by molar-refractivity contribution is 0.0939. The molecule has 5 nitrogen and oxygen atoms in total. The van der Waals surface area contributed by atoms with Crippen molar-refractivity contribution in [3.05, 3.63) is 52.0 Å². The first kappa shape index (κ1) is 18.1. The Morgan fingerprint density at radius 2 is 1.58 bits per heavy atom. The summed E-state index contributed by atoms with van der Waals surface area (Å²) in [4.78, 5) is 12.5. The highest BCUT2D eigenvalue weighted by Gasteiger charge is 2.15. The maximum absolute atomic E-state index is 12.5. The van der Waals surface area contributed by atoms with Crippen molar-refractivity contribution in [2.45, 2.75) is 13.0 Å². The van der Waals surface area contributed by atoms with E-state index in [1.807, 2.05) is 25.1 Å². The van der Waals surface area contributed by atoms with E-state index in [0.717, 1.165) is 15.8 Å². The monoisotopic (exact) mass is 393 g/mol. The third-order valence-corrected chi connectivity index (χ3v) is 4.29. The van der Waals surface area contributed by atoms with Crippen molar-refractivity contribution in [1.82, 2.24) is 5.32 Å². The number of hydrogen-bond donors (Lipinski definition) is 1. The van der Waals surface area contributed by atoms with Gasteiger partial charge in [-0.3, -0.25) is 4.79 Å². The Kier molecular flexibility index (Phi) is 6.09. The number of methoxy groups -OCH3 is 3. The summed E-state index contributed by atoms with van der Waals surface area (Å²) in [7, 11) is 4.71. The number of halogens is 1. The van der Waals surface area contributed by atoms with Gasteiger partial charge in [0.2, 0.25) is 0 Å². The second-order valence-electron chi connectivity index (χ2n) is 5.16. The smallest absolute Gasteiger partial charge is 0.251 e. The van der Waals surface area contributed by atoms with Crippen LogP contribution < -0.4 is 19.5 Å². The molecule has 1 amide bonds. The lowest BCUT2D eigenvalue weighted by Gasteiger charge is -2.16. The minimum atomic E-state index is -0.185. The quantitative estimate of drug-likeness (QED) is 0.806. The second-order valence-corrected chi connectivity index (χ2v) is 6.01. The normalized spacial score (nSPS) is 11.5. The molecule has 128 valence electrons. The molecule has 0 aliphatic carbocycles. The lowest BCUT2D eigenvalue weighted by atomic mass is 10.1. The van der Waals surface area contributed by atoms with E-state index < -0.39 is 0 Å². The highest BCUT2D eigenvalue weighted by atomic mass is 79.9. The Labute approximate surface area is 150 Å². The molecule has 0 saturated carbocycles. The summed E-state index contributed by atoms with van der Waals surface area (Å²) in [5.74, 6) is 1.67. The summed E-state index contributed by atoms with van der Waals surface area (Å²) in [6.07, 6.45) is 0. The zero-order chi connectivity index (χ0) is 17.7. The van der Waals surface area contributed by atoms with Gasteiger partial charge in [0.15, 0.2) is 11.5 Å². The molecule has 0 aliphatic rings. The molecule has 0 spiro atoms. The van der Waals surface area contributed by atoms with Crippen molar-refractivity contribution in [2.24, 2.45) is 0 Å². The maximum Gasteiger partial charge on any atom is 0.251 e. The molecule has 6 heteroatoms. The Morgan fingerprint density at radius 1 is 0.958 bits per heavy atom. The van der Waals surface area contributed by atoms with Crippen molar-refractivity contribution >= 4 is 21.8 Å². The van der Waals surface area contributed by atoms with E-state index in [1.54, 1.807) is 32.4 Å². The fourth-order valence-electron chi connectivity index (χ4n) is 2.29. The summed E-state index contributed by atoms with van der Waals surface area (Å²) in [6, 6.07) is 10.6. The molecule has 0 bridgehead atoms. The molecule has 0 saturated heterocycles. The van der Waals surface area contributed by atoms with Crippen LogP contribution >= 0.6 is 15.9 Å². The van der Waals surface area contributed by atoms with Crippen molar-refractivity contribution in [3.8, 4) is 17.2 Å². The molecular weight excluding hydrogens is 374 g/mol. The van der Waals surface area contributed by atoms with Crippen molar-refractivity contribution in [1.29, 1.82) is 0 Å². The van der Waals surface area contributed by atoms with Crippen LogP contribution in [-0.2, 0) is 0 Å². The van der Waals surface area contributed by atoms with Gasteiger partial charge in [0, 0.05) is 5.56 Å². The lowest BCUT2D eigenvalue weighted by Crippen LogP contribution is -2.26. The molecule has 0 aromatic heterocycles. The van der Waals surface area contributed by atoms with Crippen molar-refractivity contribution < 1.29 is 19.0 Å². The number of benzene rings is 2. The van der Waals surface area contributed by atoms with Gasteiger partial charge in [-0.05, 0) is 58.7 Å². The van der Waals surface area contributed by atoms with Gasteiger partial charge in [-0.25, -0.2) is 0 Å². The van der Waals surface area contributed by atoms with Crippen LogP contribution in [0.4, 0.5) is 0 Å². The van der Waals surface area contributed by atoms with Gasteiger partial charge >= 0.3 is 0 Å². The maximum atomic E-state index is 12.5. The van der Waals surface area contributed by atoms with Crippen LogP contribution in [0.3, 0.4) is 0 Å². The Morgan fingerprint density at radius 3 is 2.17 bits per heavy atom. The molecule has 1 N–H and O–H groups in total. The zero-order valence-electron chi connectivity index (χ0n) is 14.1. The summed E-state index contributed by atoms with van der Waals surface area (Å²) < 4.78 is 16.5. The third-order valence-electron chi connectivity index (χ3n) is 3.67. The van der Waals surface area contributed by atoms with Gasteiger partial charge in [-0.15, -0.1) is 0 Å². The largest absolute Gasteiger partial charge is 0.496 e.